The van der Waals surface area contributed by atoms with Crippen molar-refractivity contribution in [2.45, 2.75) is 241 Å². The molecule has 0 fully saturated rings. The van der Waals surface area contributed by atoms with E-state index in [0.29, 0.717) is 19.3 Å². The Morgan fingerprint density at radius 1 is 0.583 bits per heavy atom. The maximum atomic E-state index is 14.3. The first-order valence-corrected chi connectivity index (χ1v) is 26.7. The minimum Gasteiger partial charge on any atom is -0.461 e. The van der Waals surface area contributed by atoms with Gasteiger partial charge in [0.05, 0.1) is 18.9 Å². The summed E-state index contributed by atoms with van der Waals surface area (Å²) in [5.74, 6) is -6.61. The normalized spacial score (nSPS) is 15.0. The molecular formula is C55H94N6O11. The lowest BCUT2D eigenvalue weighted by atomic mass is 9.97. The van der Waals surface area contributed by atoms with E-state index < -0.39 is 114 Å². The summed E-state index contributed by atoms with van der Waals surface area (Å²) in [6, 6.07) is 2.17. The zero-order valence-corrected chi connectivity index (χ0v) is 46.1. The SMILES string of the molecule is CCCCCCCCCCCC(CC(=O)OCc1ccccc1)OC(=O)[C@@H](NC(=O)[C@@H](CC(C)C)NC(=O)[C@H](CC(=O)OC(C)(C)C)NC(=O)[C@@H](NC(=O)[C@@H](C)NC(=O)[C@@H](N)CC(C)C)C(C)C)[C@@H](C)CC. The molecule has 72 heavy (non-hydrogen) atoms. The minimum absolute atomic E-state index is 0.0684. The summed E-state index contributed by atoms with van der Waals surface area (Å²) >= 11 is 0. The van der Waals surface area contributed by atoms with Crippen molar-refractivity contribution in [1.29, 1.82) is 0 Å². The van der Waals surface area contributed by atoms with Crippen LogP contribution in [0, 0.1) is 23.7 Å². The van der Waals surface area contributed by atoms with Crippen LogP contribution in [0.5, 0.6) is 0 Å². The van der Waals surface area contributed by atoms with Gasteiger partial charge in [-0.15, -0.1) is 0 Å². The van der Waals surface area contributed by atoms with Gasteiger partial charge in [0.15, 0.2) is 0 Å². The molecule has 0 aromatic heterocycles. The van der Waals surface area contributed by atoms with E-state index in [1.165, 1.54) is 32.6 Å². The molecule has 1 unspecified atom stereocenters. The molecule has 5 amide bonds. The molecule has 0 spiro atoms. The lowest BCUT2D eigenvalue weighted by molar-refractivity contribution is -0.160. The third-order valence-electron chi connectivity index (χ3n) is 12.1. The monoisotopic (exact) mass is 1010 g/mol. The summed E-state index contributed by atoms with van der Waals surface area (Å²) in [5, 5.41) is 13.4. The number of nitrogens with two attached hydrogens (primary N) is 1. The Balaban J connectivity index is 3.38. The van der Waals surface area contributed by atoms with Gasteiger partial charge in [-0.2, -0.15) is 0 Å². The smallest absolute Gasteiger partial charge is 0.329 e. The molecule has 0 heterocycles. The highest BCUT2D eigenvalue weighted by molar-refractivity contribution is 5.97. The number of benzene rings is 1. The van der Waals surface area contributed by atoms with Gasteiger partial charge in [-0.1, -0.05) is 150 Å². The molecule has 1 aromatic rings. The van der Waals surface area contributed by atoms with E-state index >= 15 is 0 Å². The molecule has 7 N–H and O–H groups in total. The first kappa shape index (κ1) is 65.0. The second-order valence-electron chi connectivity index (χ2n) is 21.6. The van der Waals surface area contributed by atoms with E-state index in [2.05, 4.69) is 33.5 Å². The van der Waals surface area contributed by atoms with Crippen LogP contribution in [0.3, 0.4) is 0 Å². The summed E-state index contributed by atoms with van der Waals surface area (Å²) in [7, 11) is 0. The van der Waals surface area contributed by atoms with Crippen molar-refractivity contribution in [3.8, 4) is 0 Å². The predicted molar refractivity (Wildman–Crippen MR) is 280 cm³/mol. The van der Waals surface area contributed by atoms with Crippen LogP contribution < -0.4 is 32.3 Å². The largest absolute Gasteiger partial charge is 0.461 e. The molecular weight excluding hydrogens is 921 g/mol. The molecule has 0 saturated carbocycles. The van der Waals surface area contributed by atoms with E-state index in [0.717, 1.165) is 37.7 Å². The van der Waals surface area contributed by atoms with Gasteiger partial charge < -0.3 is 46.5 Å². The van der Waals surface area contributed by atoms with E-state index in [-0.39, 0.29) is 31.3 Å². The zero-order valence-electron chi connectivity index (χ0n) is 46.1. The fraction of sp³-hybridized carbons (Fsp3) is 0.745. The highest BCUT2D eigenvalue weighted by Gasteiger charge is 2.37. The van der Waals surface area contributed by atoms with Gasteiger partial charge in [-0.25, -0.2) is 4.79 Å². The summed E-state index contributed by atoms with van der Waals surface area (Å²) in [6.45, 7) is 23.2. The fourth-order valence-electron chi connectivity index (χ4n) is 7.84. The summed E-state index contributed by atoms with van der Waals surface area (Å²) < 4.78 is 17.2. The van der Waals surface area contributed by atoms with Gasteiger partial charge in [0.2, 0.25) is 29.5 Å². The lowest BCUT2D eigenvalue weighted by Gasteiger charge is -2.30. The molecule has 0 saturated heterocycles. The van der Waals surface area contributed by atoms with Crippen molar-refractivity contribution in [3.63, 3.8) is 0 Å². The maximum absolute atomic E-state index is 14.3. The van der Waals surface area contributed by atoms with Gasteiger partial charge in [-0.3, -0.25) is 33.6 Å². The second kappa shape index (κ2) is 34.4. The number of unbranched alkanes of at least 4 members (excludes halogenated alkanes) is 8. The van der Waals surface area contributed by atoms with E-state index in [1.807, 2.05) is 65.0 Å². The van der Waals surface area contributed by atoms with Gasteiger partial charge in [-0.05, 0) is 82.6 Å². The number of nitrogens with one attached hydrogen (secondary N) is 5. The van der Waals surface area contributed by atoms with Crippen molar-refractivity contribution in [2.75, 3.05) is 0 Å². The number of ether oxygens (including phenoxy) is 3. The lowest BCUT2D eigenvalue weighted by Crippen LogP contribution is -2.60. The fourth-order valence-corrected chi connectivity index (χ4v) is 7.84. The highest BCUT2D eigenvalue weighted by atomic mass is 16.6. The molecule has 1 aromatic carbocycles. The van der Waals surface area contributed by atoms with Crippen molar-refractivity contribution in [3.05, 3.63) is 35.9 Å². The van der Waals surface area contributed by atoms with Crippen LogP contribution in [-0.2, 0) is 59.2 Å². The topological polar surface area (TPSA) is 250 Å². The van der Waals surface area contributed by atoms with Gasteiger partial charge in [0.25, 0.3) is 0 Å². The number of carbonyl (C=O) groups excluding carboxylic acids is 8. The molecule has 0 radical (unpaired) electrons. The number of esters is 3. The van der Waals surface area contributed by atoms with Crippen LogP contribution in [0.1, 0.15) is 192 Å². The Morgan fingerprint density at radius 2 is 1.12 bits per heavy atom. The first-order valence-electron chi connectivity index (χ1n) is 26.7. The van der Waals surface area contributed by atoms with Crippen LogP contribution in [0.25, 0.3) is 0 Å². The predicted octanol–water partition coefficient (Wildman–Crippen LogP) is 7.25. The molecule has 1 rings (SSSR count). The van der Waals surface area contributed by atoms with Crippen LogP contribution in [0.2, 0.25) is 0 Å². The molecule has 0 aliphatic rings. The maximum Gasteiger partial charge on any atom is 0.329 e. The van der Waals surface area contributed by atoms with E-state index in [4.69, 9.17) is 19.9 Å². The minimum atomic E-state index is -1.57. The van der Waals surface area contributed by atoms with Crippen LogP contribution in [0.4, 0.5) is 0 Å². The molecule has 17 nitrogen and oxygen atoms in total. The number of rotatable bonds is 35. The Morgan fingerprint density at radius 3 is 1.67 bits per heavy atom. The second-order valence-corrected chi connectivity index (χ2v) is 21.6. The third kappa shape index (κ3) is 27.7. The Kier molecular flexibility index (Phi) is 31.0. The van der Waals surface area contributed by atoms with E-state index in [9.17, 15) is 38.4 Å². The van der Waals surface area contributed by atoms with Crippen molar-refractivity contribution in [2.24, 2.45) is 29.4 Å². The number of amides is 5. The van der Waals surface area contributed by atoms with Crippen LogP contribution in [0.15, 0.2) is 30.3 Å². The molecule has 410 valence electrons. The Hall–Kier alpha value is -5.06. The highest BCUT2D eigenvalue weighted by Crippen LogP contribution is 2.20. The number of hydrogen-bond donors (Lipinski definition) is 6. The van der Waals surface area contributed by atoms with Crippen LogP contribution >= 0.6 is 0 Å². The summed E-state index contributed by atoms with van der Waals surface area (Å²) in [4.78, 5) is 109. The molecule has 0 bridgehead atoms. The van der Waals surface area contributed by atoms with Crippen LogP contribution in [-0.4, -0.2) is 95.4 Å². The first-order chi connectivity index (χ1) is 33.8. The van der Waals surface area contributed by atoms with Gasteiger partial charge in [0, 0.05) is 0 Å². The number of hydrogen-bond acceptors (Lipinski definition) is 12. The quantitative estimate of drug-likeness (QED) is 0.0224. The average molecular weight is 1020 g/mol. The molecule has 0 aliphatic carbocycles. The van der Waals surface area contributed by atoms with Gasteiger partial charge in [0.1, 0.15) is 48.5 Å². The molecule has 17 heteroatoms. The van der Waals surface area contributed by atoms with Crippen molar-refractivity contribution in [1.82, 2.24) is 26.6 Å². The number of carbonyl (C=O) groups is 8. The Bertz CT molecular complexity index is 1820. The third-order valence-corrected chi connectivity index (χ3v) is 12.1. The average Bonchev–Trinajstić information content (AvgIpc) is 3.29. The van der Waals surface area contributed by atoms with Crippen molar-refractivity contribution >= 4 is 47.4 Å². The Labute approximate surface area is 431 Å². The standard InChI is InChI=1S/C55H94N6O11/c1-14-16-17-18-19-20-21-22-26-29-41(32-45(62)70-34-40-27-24-23-25-28-40)71-54(69)48(38(9)15-2)61-52(67)43(31-36(5)6)58-51(66)44(33-46(63)72-55(11,12)13)59-53(68)47(37(7)8)60-49(64)39(10)57-50(65)42(56)30-35(3)4/h23-25,27-28,35-39,41-44,47-48H,14-22,26,29-34,56H2,1-13H3,(H,57,65)(H,58,66)(H,59,68)(H,60,64)(H,61,67)/t38-,39+,41?,42-,43+,44-,47-,48-/m0/s1. The summed E-state index contributed by atoms with van der Waals surface area (Å²) in [6.07, 6.45) is 9.55. The van der Waals surface area contributed by atoms with E-state index in [1.54, 1.807) is 41.5 Å². The van der Waals surface area contributed by atoms with Gasteiger partial charge >= 0.3 is 17.9 Å². The zero-order chi connectivity index (χ0) is 54.6. The molecule has 0 aliphatic heterocycles. The summed E-state index contributed by atoms with van der Waals surface area (Å²) in [5.41, 5.74) is 5.89. The molecule has 8 atom stereocenters. The van der Waals surface area contributed by atoms with Crippen molar-refractivity contribution < 1.29 is 52.6 Å².